The molecule has 21 heavy (non-hydrogen) atoms. The number of rotatable bonds is 4. The summed E-state index contributed by atoms with van der Waals surface area (Å²) in [6, 6.07) is 8.82. The van der Waals surface area contributed by atoms with Gasteiger partial charge in [0.1, 0.15) is 6.04 Å². The van der Waals surface area contributed by atoms with E-state index in [0.717, 1.165) is 31.4 Å². The standard InChI is InChI=1S/C16H20N2O3/c19-15(20)14(10-12-6-2-1-3-7-12)18-11-13-8-4-5-9-17(13)16(18)21/h1-3,6-7,13-14H,4-5,8-11H2,(H,19,20)/t13?,14-/m1/s1. The molecule has 3 rings (SSSR count). The highest BCUT2D eigenvalue weighted by molar-refractivity contribution is 5.84. The number of carbonyl (C=O) groups excluding carboxylic acids is 1. The lowest BCUT2D eigenvalue weighted by Crippen LogP contribution is -2.45. The minimum absolute atomic E-state index is 0.108. The lowest BCUT2D eigenvalue weighted by Gasteiger charge is -2.27. The van der Waals surface area contributed by atoms with Crippen molar-refractivity contribution in [3.05, 3.63) is 35.9 Å². The zero-order chi connectivity index (χ0) is 14.8. The fourth-order valence-electron chi connectivity index (χ4n) is 3.34. The number of carbonyl (C=O) groups is 2. The number of hydrogen-bond donors (Lipinski definition) is 1. The Hall–Kier alpha value is -2.04. The maximum atomic E-state index is 12.5. The van der Waals surface area contributed by atoms with Crippen LogP contribution in [-0.2, 0) is 11.2 Å². The average Bonchev–Trinajstić information content (AvgIpc) is 2.83. The normalized spacial score (nSPS) is 23.0. The predicted molar refractivity (Wildman–Crippen MR) is 78.0 cm³/mol. The topological polar surface area (TPSA) is 60.9 Å². The van der Waals surface area contributed by atoms with Crippen molar-refractivity contribution in [1.82, 2.24) is 9.80 Å². The van der Waals surface area contributed by atoms with Crippen LogP contribution in [0.2, 0.25) is 0 Å². The first-order valence-corrected chi connectivity index (χ1v) is 7.51. The lowest BCUT2D eigenvalue weighted by atomic mass is 10.0. The Morgan fingerprint density at radius 2 is 2.05 bits per heavy atom. The number of amides is 2. The quantitative estimate of drug-likeness (QED) is 0.921. The van der Waals surface area contributed by atoms with Crippen molar-refractivity contribution >= 4 is 12.0 Å². The van der Waals surface area contributed by atoms with Crippen LogP contribution in [0.15, 0.2) is 30.3 Å². The first-order valence-electron chi connectivity index (χ1n) is 7.51. The van der Waals surface area contributed by atoms with Crippen LogP contribution >= 0.6 is 0 Å². The number of aliphatic carboxylic acids is 1. The molecule has 0 aromatic heterocycles. The molecular formula is C16H20N2O3. The average molecular weight is 288 g/mol. The van der Waals surface area contributed by atoms with Crippen LogP contribution in [0, 0.1) is 0 Å². The summed E-state index contributed by atoms with van der Waals surface area (Å²) in [5.41, 5.74) is 0.947. The molecule has 5 nitrogen and oxygen atoms in total. The van der Waals surface area contributed by atoms with Gasteiger partial charge in [-0.1, -0.05) is 30.3 Å². The summed E-state index contributed by atoms with van der Waals surface area (Å²) >= 11 is 0. The molecule has 2 heterocycles. The van der Waals surface area contributed by atoms with Crippen LogP contribution < -0.4 is 0 Å². The molecule has 2 atom stereocenters. The molecule has 1 unspecified atom stereocenters. The Morgan fingerprint density at radius 3 is 2.71 bits per heavy atom. The summed E-state index contributed by atoms with van der Waals surface area (Å²) in [5.74, 6) is -0.924. The van der Waals surface area contributed by atoms with E-state index in [1.165, 1.54) is 0 Å². The first-order chi connectivity index (χ1) is 10.2. The van der Waals surface area contributed by atoms with Crippen molar-refractivity contribution in [3.8, 4) is 0 Å². The molecule has 1 aromatic rings. The van der Waals surface area contributed by atoms with E-state index in [2.05, 4.69) is 0 Å². The highest BCUT2D eigenvalue weighted by atomic mass is 16.4. The predicted octanol–water partition coefficient (Wildman–Crippen LogP) is 1.97. The molecule has 2 aliphatic heterocycles. The number of hydrogen-bond acceptors (Lipinski definition) is 2. The van der Waals surface area contributed by atoms with E-state index < -0.39 is 12.0 Å². The van der Waals surface area contributed by atoms with E-state index >= 15 is 0 Å². The monoisotopic (exact) mass is 288 g/mol. The van der Waals surface area contributed by atoms with Crippen LogP contribution in [0.25, 0.3) is 0 Å². The van der Waals surface area contributed by atoms with Gasteiger partial charge in [-0.2, -0.15) is 0 Å². The molecule has 2 saturated heterocycles. The smallest absolute Gasteiger partial charge is 0.326 e. The van der Waals surface area contributed by atoms with Crippen molar-refractivity contribution < 1.29 is 14.7 Å². The number of urea groups is 1. The molecule has 0 spiro atoms. The second-order valence-electron chi connectivity index (χ2n) is 5.82. The Kier molecular flexibility index (Phi) is 3.82. The minimum Gasteiger partial charge on any atom is -0.480 e. The van der Waals surface area contributed by atoms with E-state index in [4.69, 9.17) is 0 Å². The van der Waals surface area contributed by atoms with Gasteiger partial charge >= 0.3 is 12.0 Å². The van der Waals surface area contributed by atoms with Gasteiger partial charge in [0.05, 0.1) is 6.04 Å². The second kappa shape index (κ2) is 5.76. The Balaban J connectivity index is 1.78. The van der Waals surface area contributed by atoms with E-state index in [-0.39, 0.29) is 12.1 Å². The third kappa shape index (κ3) is 2.73. The summed E-state index contributed by atoms with van der Waals surface area (Å²) < 4.78 is 0. The zero-order valence-electron chi connectivity index (χ0n) is 11.9. The number of nitrogens with zero attached hydrogens (tertiary/aromatic N) is 2. The van der Waals surface area contributed by atoms with E-state index in [0.29, 0.717) is 13.0 Å². The van der Waals surface area contributed by atoms with Crippen LogP contribution in [0.5, 0.6) is 0 Å². The number of benzene rings is 1. The first kappa shape index (κ1) is 13.9. The van der Waals surface area contributed by atoms with Gasteiger partial charge in [-0.05, 0) is 24.8 Å². The van der Waals surface area contributed by atoms with Crippen molar-refractivity contribution in [3.63, 3.8) is 0 Å². The fourth-order valence-corrected chi connectivity index (χ4v) is 3.34. The van der Waals surface area contributed by atoms with Crippen molar-refractivity contribution in [2.75, 3.05) is 13.1 Å². The fraction of sp³-hybridized carbons (Fsp3) is 0.500. The highest BCUT2D eigenvalue weighted by Gasteiger charge is 2.43. The molecule has 1 N–H and O–H groups in total. The Morgan fingerprint density at radius 1 is 1.29 bits per heavy atom. The van der Waals surface area contributed by atoms with Crippen LogP contribution in [0.4, 0.5) is 4.79 Å². The molecule has 1 aromatic carbocycles. The van der Waals surface area contributed by atoms with Crippen LogP contribution in [0.3, 0.4) is 0 Å². The molecule has 2 aliphatic rings. The van der Waals surface area contributed by atoms with Gasteiger partial charge < -0.3 is 14.9 Å². The third-order valence-electron chi connectivity index (χ3n) is 4.46. The van der Waals surface area contributed by atoms with Crippen molar-refractivity contribution in [1.29, 1.82) is 0 Å². The lowest BCUT2D eigenvalue weighted by molar-refractivity contribution is -0.141. The maximum absolute atomic E-state index is 12.5. The minimum atomic E-state index is -0.924. The summed E-state index contributed by atoms with van der Waals surface area (Å²) in [6.07, 6.45) is 3.49. The summed E-state index contributed by atoms with van der Waals surface area (Å²) in [4.78, 5) is 27.5. The Bertz CT molecular complexity index is 532. The SMILES string of the molecule is O=C(O)[C@@H](Cc1ccccc1)N1CC2CCCCN2C1=O. The molecule has 0 bridgehead atoms. The molecule has 0 radical (unpaired) electrons. The second-order valence-corrected chi connectivity index (χ2v) is 5.82. The van der Waals surface area contributed by atoms with E-state index in [9.17, 15) is 14.7 Å². The van der Waals surface area contributed by atoms with Gasteiger partial charge in [-0.3, -0.25) is 0 Å². The molecule has 5 heteroatoms. The molecular weight excluding hydrogens is 268 g/mol. The number of fused-ring (bicyclic) bond motifs is 1. The number of carboxylic acids is 1. The Labute approximate surface area is 124 Å². The van der Waals surface area contributed by atoms with Crippen molar-refractivity contribution in [2.45, 2.75) is 37.8 Å². The molecule has 2 fully saturated rings. The van der Waals surface area contributed by atoms with Gasteiger partial charge in [-0.15, -0.1) is 0 Å². The van der Waals surface area contributed by atoms with E-state index in [1.54, 1.807) is 4.90 Å². The van der Waals surface area contributed by atoms with Gasteiger partial charge in [0.15, 0.2) is 0 Å². The highest BCUT2D eigenvalue weighted by Crippen LogP contribution is 2.27. The van der Waals surface area contributed by atoms with Gasteiger partial charge in [-0.25, -0.2) is 9.59 Å². The van der Waals surface area contributed by atoms with Crippen LogP contribution in [0.1, 0.15) is 24.8 Å². The van der Waals surface area contributed by atoms with Gasteiger partial charge in [0.2, 0.25) is 0 Å². The number of piperidine rings is 1. The van der Waals surface area contributed by atoms with Crippen LogP contribution in [-0.4, -0.2) is 52.1 Å². The zero-order valence-corrected chi connectivity index (χ0v) is 11.9. The largest absolute Gasteiger partial charge is 0.480 e. The third-order valence-corrected chi connectivity index (χ3v) is 4.46. The van der Waals surface area contributed by atoms with E-state index in [1.807, 2.05) is 35.2 Å². The molecule has 2 amide bonds. The number of carboxylic acid groups (broad SMARTS) is 1. The summed E-state index contributed by atoms with van der Waals surface area (Å²) in [5, 5.41) is 9.53. The summed E-state index contributed by atoms with van der Waals surface area (Å²) in [7, 11) is 0. The molecule has 112 valence electrons. The summed E-state index contributed by atoms with van der Waals surface area (Å²) in [6.45, 7) is 1.31. The van der Waals surface area contributed by atoms with Gasteiger partial charge in [0, 0.05) is 19.5 Å². The molecule has 0 aliphatic carbocycles. The maximum Gasteiger partial charge on any atom is 0.326 e. The van der Waals surface area contributed by atoms with Gasteiger partial charge in [0.25, 0.3) is 0 Å². The molecule has 0 saturated carbocycles. The van der Waals surface area contributed by atoms with Crippen molar-refractivity contribution in [2.24, 2.45) is 0 Å².